The molecular weight excluding hydrogens is 208 g/mol. The van der Waals surface area contributed by atoms with E-state index in [1.165, 1.54) is 0 Å². The lowest BCUT2D eigenvalue weighted by Gasteiger charge is -2.17. The first-order valence-electron chi connectivity index (χ1n) is 5.57. The fraction of sp³-hybridized carbons (Fsp3) is 0.500. The molecule has 16 heavy (non-hydrogen) atoms. The van der Waals surface area contributed by atoms with Gasteiger partial charge in [0.15, 0.2) is 11.5 Å². The number of hydrogen-bond donors (Lipinski definition) is 1. The van der Waals surface area contributed by atoms with Gasteiger partial charge in [0.1, 0.15) is 11.9 Å². The molecule has 1 aliphatic carbocycles. The highest BCUT2D eigenvalue weighted by Crippen LogP contribution is 2.36. The molecule has 0 radical (unpaired) electrons. The van der Waals surface area contributed by atoms with E-state index in [1.54, 1.807) is 0 Å². The van der Waals surface area contributed by atoms with Crippen molar-refractivity contribution in [2.45, 2.75) is 31.5 Å². The molecule has 2 atom stereocenters. The Labute approximate surface area is 93.7 Å². The van der Waals surface area contributed by atoms with Crippen LogP contribution in [0.4, 0.5) is 0 Å². The molecule has 0 spiro atoms. The van der Waals surface area contributed by atoms with Gasteiger partial charge in [-0.25, -0.2) is 0 Å². The zero-order chi connectivity index (χ0) is 11.0. The second kappa shape index (κ2) is 3.87. The van der Waals surface area contributed by atoms with E-state index < -0.39 is 0 Å². The summed E-state index contributed by atoms with van der Waals surface area (Å²) < 4.78 is 16.2. The van der Waals surface area contributed by atoms with Crippen LogP contribution in [0.1, 0.15) is 19.3 Å². The standard InChI is InChI=1S/C12H14O4/c13-9-2-1-3-10(9)16-8-4-5-11-12(6-8)15-7-14-11/h4-6,9-10,13H,1-3,7H2. The SMILES string of the molecule is OC1CCCC1Oc1ccc2c(c1)OCO2. The highest BCUT2D eigenvalue weighted by atomic mass is 16.7. The maximum absolute atomic E-state index is 9.66. The lowest BCUT2D eigenvalue weighted by atomic mass is 10.2. The number of benzene rings is 1. The van der Waals surface area contributed by atoms with Crippen LogP contribution < -0.4 is 14.2 Å². The van der Waals surface area contributed by atoms with Crippen molar-refractivity contribution in [1.82, 2.24) is 0 Å². The number of aliphatic hydroxyl groups excluding tert-OH is 1. The molecule has 3 rings (SSSR count). The van der Waals surface area contributed by atoms with Crippen LogP contribution in [0.2, 0.25) is 0 Å². The normalized spacial score (nSPS) is 27.1. The largest absolute Gasteiger partial charge is 0.488 e. The fourth-order valence-corrected chi connectivity index (χ4v) is 2.17. The summed E-state index contributed by atoms with van der Waals surface area (Å²) in [6.07, 6.45) is 2.34. The van der Waals surface area contributed by atoms with Gasteiger partial charge in [0.2, 0.25) is 6.79 Å². The summed E-state index contributed by atoms with van der Waals surface area (Å²) in [6.45, 7) is 0.269. The third kappa shape index (κ3) is 1.69. The molecule has 0 bridgehead atoms. The monoisotopic (exact) mass is 222 g/mol. The van der Waals surface area contributed by atoms with Crippen molar-refractivity contribution >= 4 is 0 Å². The molecule has 1 N–H and O–H groups in total. The Morgan fingerprint density at radius 1 is 1.19 bits per heavy atom. The zero-order valence-corrected chi connectivity index (χ0v) is 8.89. The van der Waals surface area contributed by atoms with Crippen LogP contribution in [0, 0.1) is 0 Å². The van der Waals surface area contributed by atoms with E-state index in [4.69, 9.17) is 14.2 Å². The van der Waals surface area contributed by atoms with Gasteiger partial charge in [0.25, 0.3) is 0 Å². The lowest BCUT2D eigenvalue weighted by molar-refractivity contribution is 0.0602. The first-order valence-corrected chi connectivity index (χ1v) is 5.57. The topological polar surface area (TPSA) is 47.9 Å². The molecule has 1 aliphatic heterocycles. The average molecular weight is 222 g/mol. The Bertz CT molecular complexity index is 391. The predicted octanol–water partition coefficient (Wildman–Crippen LogP) is 1.71. The Morgan fingerprint density at radius 2 is 2.06 bits per heavy atom. The van der Waals surface area contributed by atoms with Gasteiger partial charge in [-0.1, -0.05) is 0 Å². The van der Waals surface area contributed by atoms with Crippen molar-refractivity contribution < 1.29 is 19.3 Å². The molecule has 1 heterocycles. The number of ether oxygens (including phenoxy) is 3. The van der Waals surface area contributed by atoms with E-state index in [0.717, 1.165) is 30.8 Å². The minimum absolute atomic E-state index is 0.0830. The summed E-state index contributed by atoms with van der Waals surface area (Å²) in [7, 11) is 0. The molecule has 86 valence electrons. The molecular formula is C12H14O4. The summed E-state index contributed by atoms with van der Waals surface area (Å²) in [4.78, 5) is 0. The maximum Gasteiger partial charge on any atom is 0.231 e. The second-order valence-corrected chi connectivity index (χ2v) is 4.17. The number of rotatable bonds is 2. The van der Waals surface area contributed by atoms with E-state index in [2.05, 4.69) is 0 Å². The van der Waals surface area contributed by atoms with Gasteiger partial charge in [-0.05, 0) is 31.4 Å². The Morgan fingerprint density at radius 3 is 2.88 bits per heavy atom. The summed E-state index contributed by atoms with van der Waals surface area (Å²) in [6, 6.07) is 5.49. The van der Waals surface area contributed by atoms with Crippen LogP contribution in [0.15, 0.2) is 18.2 Å². The fourth-order valence-electron chi connectivity index (χ4n) is 2.17. The molecule has 2 unspecified atom stereocenters. The van der Waals surface area contributed by atoms with E-state index in [0.29, 0.717) is 5.75 Å². The molecule has 0 saturated heterocycles. The van der Waals surface area contributed by atoms with Crippen LogP contribution in [0.5, 0.6) is 17.2 Å². The first-order chi connectivity index (χ1) is 7.83. The van der Waals surface area contributed by atoms with E-state index >= 15 is 0 Å². The Kier molecular flexibility index (Phi) is 2.36. The zero-order valence-electron chi connectivity index (χ0n) is 8.89. The van der Waals surface area contributed by atoms with Crippen LogP contribution in [0.25, 0.3) is 0 Å². The van der Waals surface area contributed by atoms with Gasteiger partial charge in [-0.2, -0.15) is 0 Å². The Balaban J connectivity index is 1.75. The van der Waals surface area contributed by atoms with Crippen LogP contribution >= 0.6 is 0 Å². The number of hydrogen-bond acceptors (Lipinski definition) is 4. The molecule has 0 amide bonds. The summed E-state index contributed by atoms with van der Waals surface area (Å²) in [5, 5.41) is 9.66. The van der Waals surface area contributed by atoms with Crippen molar-refractivity contribution in [3.05, 3.63) is 18.2 Å². The molecule has 1 saturated carbocycles. The van der Waals surface area contributed by atoms with E-state index in [9.17, 15) is 5.11 Å². The molecule has 1 aromatic carbocycles. The van der Waals surface area contributed by atoms with Crippen molar-refractivity contribution in [2.75, 3.05) is 6.79 Å². The van der Waals surface area contributed by atoms with Gasteiger partial charge < -0.3 is 19.3 Å². The van der Waals surface area contributed by atoms with Gasteiger partial charge in [0.05, 0.1) is 6.10 Å². The molecule has 0 aromatic heterocycles. The van der Waals surface area contributed by atoms with Crippen molar-refractivity contribution in [3.8, 4) is 17.2 Å². The Hall–Kier alpha value is -1.42. The van der Waals surface area contributed by atoms with Gasteiger partial charge in [-0.15, -0.1) is 0 Å². The first kappa shape index (κ1) is 9.78. The summed E-state index contributed by atoms with van der Waals surface area (Å²) in [5.74, 6) is 2.19. The third-order valence-corrected chi connectivity index (χ3v) is 3.05. The molecule has 4 nitrogen and oxygen atoms in total. The number of aliphatic hydroxyl groups is 1. The van der Waals surface area contributed by atoms with Crippen LogP contribution in [0.3, 0.4) is 0 Å². The highest BCUT2D eigenvalue weighted by molar-refractivity contribution is 5.46. The lowest BCUT2D eigenvalue weighted by Crippen LogP contribution is -2.25. The van der Waals surface area contributed by atoms with Gasteiger partial charge >= 0.3 is 0 Å². The van der Waals surface area contributed by atoms with Gasteiger partial charge in [0, 0.05) is 6.07 Å². The van der Waals surface area contributed by atoms with E-state index in [1.807, 2.05) is 18.2 Å². The molecule has 4 heteroatoms. The van der Waals surface area contributed by atoms with Crippen LogP contribution in [-0.2, 0) is 0 Å². The summed E-state index contributed by atoms with van der Waals surface area (Å²) >= 11 is 0. The predicted molar refractivity (Wildman–Crippen MR) is 56.8 cm³/mol. The average Bonchev–Trinajstić information content (AvgIpc) is 2.88. The summed E-state index contributed by atoms with van der Waals surface area (Å²) in [5.41, 5.74) is 0. The highest BCUT2D eigenvalue weighted by Gasteiger charge is 2.27. The van der Waals surface area contributed by atoms with Crippen LogP contribution in [-0.4, -0.2) is 24.1 Å². The second-order valence-electron chi connectivity index (χ2n) is 4.17. The minimum Gasteiger partial charge on any atom is -0.488 e. The maximum atomic E-state index is 9.66. The third-order valence-electron chi connectivity index (χ3n) is 3.05. The molecule has 2 aliphatic rings. The van der Waals surface area contributed by atoms with Crippen molar-refractivity contribution in [1.29, 1.82) is 0 Å². The van der Waals surface area contributed by atoms with Gasteiger partial charge in [-0.3, -0.25) is 0 Å². The molecule has 1 aromatic rings. The number of fused-ring (bicyclic) bond motifs is 1. The molecule has 1 fully saturated rings. The van der Waals surface area contributed by atoms with Crippen molar-refractivity contribution in [3.63, 3.8) is 0 Å². The minimum atomic E-state index is -0.342. The quantitative estimate of drug-likeness (QED) is 0.827. The van der Waals surface area contributed by atoms with E-state index in [-0.39, 0.29) is 19.0 Å². The smallest absolute Gasteiger partial charge is 0.231 e. The van der Waals surface area contributed by atoms with Crippen molar-refractivity contribution in [2.24, 2.45) is 0 Å².